The Balaban J connectivity index is 1.22. The summed E-state index contributed by atoms with van der Waals surface area (Å²) in [4.78, 5) is 9.68. The fourth-order valence-electron chi connectivity index (χ4n) is 8.43. The van der Waals surface area contributed by atoms with Gasteiger partial charge < -0.3 is 4.74 Å². The topological polar surface area (TPSA) is 43.8 Å². The third-order valence-electron chi connectivity index (χ3n) is 10.6. The molecule has 0 radical (unpaired) electrons. The van der Waals surface area contributed by atoms with Crippen molar-refractivity contribution < 1.29 is 4.74 Å². The van der Waals surface area contributed by atoms with Gasteiger partial charge in [-0.15, -0.1) is 0 Å². The predicted octanol–water partition coefficient (Wildman–Crippen LogP) is 12.0. The van der Waals surface area contributed by atoms with Gasteiger partial charge in [-0.25, -0.2) is 9.97 Å². The van der Waals surface area contributed by atoms with Crippen LogP contribution in [-0.4, -0.2) is 18.8 Å². The summed E-state index contributed by atoms with van der Waals surface area (Å²) in [6, 6.07) is 39.0. The Morgan fingerprint density at radius 2 is 1.02 bits per heavy atom. The fourth-order valence-corrected chi connectivity index (χ4v) is 8.43. The van der Waals surface area contributed by atoms with Crippen molar-refractivity contribution in [3.8, 4) is 33.8 Å². The van der Waals surface area contributed by atoms with Crippen molar-refractivity contribution in [1.29, 1.82) is 0 Å². The summed E-state index contributed by atoms with van der Waals surface area (Å²) < 4.78 is 11.1. The summed E-state index contributed by atoms with van der Waals surface area (Å²) >= 11 is 0. The average Bonchev–Trinajstić information content (AvgIpc) is 3.84. The molecule has 0 bridgehead atoms. The average molecular weight is 659 g/mol. The van der Waals surface area contributed by atoms with E-state index in [1.165, 1.54) is 55.3 Å². The maximum Gasteiger partial charge on any atom is 0.145 e. The van der Waals surface area contributed by atoms with Gasteiger partial charge in [0.15, 0.2) is 0 Å². The summed E-state index contributed by atoms with van der Waals surface area (Å²) in [5, 5.41) is 6.78. The minimum Gasteiger partial charge on any atom is -0.457 e. The number of ether oxygens (including phenoxy) is 1. The minimum absolute atomic E-state index is 0.755. The van der Waals surface area contributed by atoms with Crippen molar-refractivity contribution in [3.63, 3.8) is 0 Å². The number of para-hydroxylation sites is 1. The molecule has 10 aromatic rings. The SMILES string of the molecule is Cc1cccc(C)c1-c1ccc(-c2c(C)cccc2C)c2c1c1ccc(Oc3ccc4c5ccccc5n5ccnc5c4c3)cc1c1nccn12. The lowest BCUT2D eigenvalue weighted by molar-refractivity contribution is 0.484. The number of hydrogen-bond donors (Lipinski definition) is 0. The molecule has 0 saturated carbocycles. The first-order valence-electron chi connectivity index (χ1n) is 17.4. The minimum atomic E-state index is 0.755. The normalized spacial score (nSPS) is 11.9. The molecule has 0 unspecified atom stereocenters. The summed E-state index contributed by atoms with van der Waals surface area (Å²) in [7, 11) is 0. The van der Waals surface area contributed by atoms with Gasteiger partial charge in [-0.3, -0.25) is 8.80 Å². The summed E-state index contributed by atoms with van der Waals surface area (Å²) in [6.07, 6.45) is 7.88. The van der Waals surface area contributed by atoms with Crippen LogP contribution in [0.4, 0.5) is 0 Å². The van der Waals surface area contributed by atoms with E-state index in [9.17, 15) is 0 Å². The number of pyridine rings is 2. The Labute approximate surface area is 295 Å². The van der Waals surface area contributed by atoms with E-state index in [1.807, 2.05) is 18.6 Å². The number of aryl methyl sites for hydroxylation is 4. The van der Waals surface area contributed by atoms with Gasteiger partial charge in [0.2, 0.25) is 0 Å². The molecule has 0 N–H and O–H groups in total. The highest BCUT2D eigenvalue weighted by Gasteiger charge is 2.21. The van der Waals surface area contributed by atoms with Crippen molar-refractivity contribution in [3.05, 3.63) is 156 Å². The zero-order valence-corrected chi connectivity index (χ0v) is 28.9. The van der Waals surface area contributed by atoms with Gasteiger partial charge in [0.05, 0.1) is 11.0 Å². The standard InChI is InChI=1S/C46H34N4O/c1-27-9-7-10-28(2)41(27)36-19-20-37(42-29(3)11-8-12-30(42)4)44-43(36)35-18-16-32(26-39(35)46-48-22-24-50(44)46)51-31-15-17-33-34-13-5-6-14-40(34)49-23-21-47-45(49)38(33)25-31/h5-26H,1-4H3. The van der Waals surface area contributed by atoms with Crippen LogP contribution in [0.1, 0.15) is 22.3 Å². The molecule has 0 aliphatic carbocycles. The van der Waals surface area contributed by atoms with E-state index >= 15 is 0 Å². The van der Waals surface area contributed by atoms with E-state index in [0.29, 0.717) is 0 Å². The van der Waals surface area contributed by atoms with Crippen molar-refractivity contribution in [2.45, 2.75) is 27.7 Å². The van der Waals surface area contributed by atoms with E-state index in [0.717, 1.165) is 55.4 Å². The maximum absolute atomic E-state index is 6.67. The second kappa shape index (κ2) is 11.0. The van der Waals surface area contributed by atoms with Crippen LogP contribution >= 0.6 is 0 Å². The monoisotopic (exact) mass is 658 g/mol. The molecule has 6 aromatic carbocycles. The van der Waals surface area contributed by atoms with Crippen molar-refractivity contribution in [2.24, 2.45) is 0 Å². The molecule has 0 fully saturated rings. The molecule has 5 heteroatoms. The second-order valence-corrected chi connectivity index (χ2v) is 13.7. The van der Waals surface area contributed by atoms with Crippen LogP contribution in [0.2, 0.25) is 0 Å². The van der Waals surface area contributed by atoms with Gasteiger partial charge in [0, 0.05) is 51.9 Å². The first kappa shape index (κ1) is 29.5. The van der Waals surface area contributed by atoms with Crippen molar-refractivity contribution >= 4 is 54.6 Å². The fraction of sp³-hybridized carbons (Fsp3) is 0.0870. The van der Waals surface area contributed by atoms with Crippen LogP contribution in [-0.2, 0) is 0 Å². The van der Waals surface area contributed by atoms with E-state index < -0.39 is 0 Å². The Morgan fingerprint density at radius 1 is 0.471 bits per heavy atom. The van der Waals surface area contributed by atoms with Crippen LogP contribution in [0.3, 0.4) is 0 Å². The molecule has 0 atom stereocenters. The molecule has 0 aliphatic rings. The first-order valence-corrected chi connectivity index (χ1v) is 17.4. The molecule has 244 valence electrons. The van der Waals surface area contributed by atoms with Crippen LogP contribution in [0, 0.1) is 27.7 Å². The smallest absolute Gasteiger partial charge is 0.145 e. The van der Waals surface area contributed by atoms with E-state index in [1.54, 1.807) is 0 Å². The second-order valence-electron chi connectivity index (χ2n) is 13.7. The lowest BCUT2D eigenvalue weighted by Crippen LogP contribution is -1.99. The summed E-state index contributed by atoms with van der Waals surface area (Å²) in [6.45, 7) is 8.83. The maximum atomic E-state index is 6.67. The van der Waals surface area contributed by atoms with Crippen molar-refractivity contribution in [1.82, 2.24) is 18.8 Å². The molecule has 0 amide bonds. The molecule has 4 aromatic heterocycles. The third-order valence-corrected chi connectivity index (χ3v) is 10.6. The van der Waals surface area contributed by atoms with Gasteiger partial charge in [-0.1, -0.05) is 66.7 Å². The lowest BCUT2D eigenvalue weighted by atomic mass is 9.86. The van der Waals surface area contributed by atoms with E-state index in [2.05, 4.69) is 152 Å². The number of aromatic nitrogens is 4. The first-order chi connectivity index (χ1) is 25.0. The summed E-state index contributed by atoms with van der Waals surface area (Å²) in [5.41, 5.74) is 14.1. The molecular weight excluding hydrogens is 625 g/mol. The Hall–Kier alpha value is -6.46. The van der Waals surface area contributed by atoms with Crippen LogP contribution in [0.25, 0.3) is 76.9 Å². The Bertz CT molecular complexity index is 3020. The largest absolute Gasteiger partial charge is 0.457 e. The molecule has 0 spiro atoms. The van der Waals surface area contributed by atoms with Crippen LogP contribution < -0.4 is 4.74 Å². The summed E-state index contributed by atoms with van der Waals surface area (Å²) in [5.74, 6) is 1.52. The molecule has 51 heavy (non-hydrogen) atoms. The zero-order valence-electron chi connectivity index (χ0n) is 28.9. The lowest BCUT2D eigenvalue weighted by Gasteiger charge is -2.21. The quantitative estimate of drug-likeness (QED) is 0.177. The van der Waals surface area contributed by atoms with Gasteiger partial charge in [-0.05, 0) is 120 Å². The molecule has 0 aliphatic heterocycles. The third kappa shape index (κ3) is 4.34. The molecule has 10 rings (SSSR count). The highest BCUT2D eigenvalue weighted by Crippen LogP contribution is 2.45. The Kier molecular flexibility index (Phi) is 6.37. The van der Waals surface area contributed by atoms with Crippen molar-refractivity contribution in [2.75, 3.05) is 0 Å². The molecular formula is C46H34N4O. The van der Waals surface area contributed by atoms with Gasteiger partial charge in [-0.2, -0.15) is 0 Å². The molecule has 4 heterocycles. The number of rotatable bonds is 4. The molecule has 5 nitrogen and oxygen atoms in total. The van der Waals surface area contributed by atoms with Gasteiger partial charge >= 0.3 is 0 Å². The predicted molar refractivity (Wildman–Crippen MR) is 210 cm³/mol. The van der Waals surface area contributed by atoms with Crippen LogP contribution in [0.15, 0.2) is 134 Å². The zero-order chi connectivity index (χ0) is 34.4. The Morgan fingerprint density at radius 3 is 1.71 bits per heavy atom. The number of imidazole rings is 2. The highest BCUT2D eigenvalue weighted by atomic mass is 16.5. The highest BCUT2D eigenvalue weighted by molar-refractivity contribution is 6.21. The number of fused-ring (bicyclic) bond motifs is 12. The number of benzene rings is 6. The van der Waals surface area contributed by atoms with Gasteiger partial charge in [0.25, 0.3) is 0 Å². The van der Waals surface area contributed by atoms with Crippen LogP contribution in [0.5, 0.6) is 11.5 Å². The molecule has 0 saturated heterocycles. The van der Waals surface area contributed by atoms with Gasteiger partial charge in [0.1, 0.15) is 22.8 Å². The number of hydrogen-bond acceptors (Lipinski definition) is 3. The number of nitrogens with zero attached hydrogens (tertiary/aromatic N) is 4. The van der Waals surface area contributed by atoms with E-state index in [-0.39, 0.29) is 0 Å². The van der Waals surface area contributed by atoms with E-state index in [4.69, 9.17) is 14.7 Å².